The molecule has 0 amide bonds. The molecular formula is C12H11F3N6S. The van der Waals surface area contributed by atoms with Gasteiger partial charge in [-0.25, -0.2) is 4.98 Å². The Kier molecular flexibility index (Phi) is 3.69. The largest absolute Gasteiger partial charge is 0.453 e. The fraction of sp³-hybridized carbons (Fsp3) is 0.333. The molecule has 0 saturated heterocycles. The molecule has 116 valence electrons. The summed E-state index contributed by atoms with van der Waals surface area (Å²) in [6, 6.07) is 3.00. The first kappa shape index (κ1) is 14.7. The second-order valence-corrected chi connectivity index (χ2v) is 5.51. The number of aromatic nitrogens is 5. The van der Waals surface area contributed by atoms with Gasteiger partial charge in [0.2, 0.25) is 0 Å². The molecule has 0 aliphatic carbocycles. The van der Waals surface area contributed by atoms with E-state index < -0.39 is 12.0 Å². The first-order valence-corrected chi connectivity index (χ1v) is 7.26. The third kappa shape index (κ3) is 3.01. The molecule has 0 aliphatic heterocycles. The van der Waals surface area contributed by atoms with E-state index in [-0.39, 0.29) is 5.65 Å². The van der Waals surface area contributed by atoms with Gasteiger partial charge in [-0.1, -0.05) is 0 Å². The van der Waals surface area contributed by atoms with Crippen molar-refractivity contribution in [3.8, 4) is 0 Å². The van der Waals surface area contributed by atoms with Crippen molar-refractivity contribution in [2.24, 2.45) is 0 Å². The summed E-state index contributed by atoms with van der Waals surface area (Å²) in [6.45, 7) is 2.43. The normalized spacial score (nSPS) is 12.0. The Bertz CT molecular complexity index is 794. The third-order valence-electron chi connectivity index (χ3n) is 2.83. The zero-order chi connectivity index (χ0) is 15.7. The molecule has 3 aromatic rings. The van der Waals surface area contributed by atoms with Gasteiger partial charge in [-0.15, -0.1) is 26.6 Å². The van der Waals surface area contributed by atoms with Crippen LogP contribution < -0.4 is 5.32 Å². The monoisotopic (exact) mass is 328 g/mol. The van der Waals surface area contributed by atoms with Crippen molar-refractivity contribution < 1.29 is 13.2 Å². The predicted molar refractivity (Wildman–Crippen MR) is 74.8 cm³/mol. The molecule has 10 heteroatoms. The van der Waals surface area contributed by atoms with Crippen LogP contribution in [0.2, 0.25) is 0 Å². The smallest absolute Gasteiger partial charge is 0.368 e. The Morgan fingerprint density at radius 1 is 1.27 bits per heavy atom. The minimum Gasteiger partial charge on any atom is -0.368 e. The third-order valence-corrected chi connectivity index (χ3v) is 3.85. The second-order valence-electron chi connectivity index (χ2n) is 4.57. The average Bonchev–Trinajstić information content (AvgIpc) is 3.04. The predicted octanol–water partition coefficient (Wildman–Crippen LogP) is 2.56. The van der Waals surface area contributed by atoms with E-state index in [1.54, 1.807) is 17.4 Å². The molecular weight excluding hydrogens is 317 g/mol. The fourth-order valence-corrected chi connectivity index (χ4v) is 2.65. The lowest BCUT2D eigenvalue weighted by Crippen LogP contribution is -2.14. The number of thiazole rings is 1. The van der Waals surface area contributed by atoms with Gasteiger partial charge in [0.25, 0.3) is 5.82 Å². The summed E-state index contributed by atoms with van der Waals surface area (Å²) < 4.78 is 39.0. The van der Waals surface area contributed by atoms with E-state index in [4.69, 9.17) is 0 Å². The van der Waals surface area contributed by atoms with E-state index in [0.717, 1.165) is 10.7 Å². The molecule has 0 radical (unpaired) electrons. The van der Waals surface area contributed by atoms with Crippen LogP contribution in [0, 0.1) is 6.92 Å². The van der Waals surface area contributed by atoms with Crippen LogP contribution in [0.3, 0.4) is 0 Å². The maximum Gasteiger partial charge on any atom is 0.453 e. The van der Waals surface area contributed by atoms with Crippen LogP contribution in [0.1, 0.15) is 16.5 Å². The molecule has 0 saturated carbocycles. The highest BCUT2D eigenvalue weighted by Gasteiger charge is 2.37. The fourth-order valence-electron chi connectivity index (χ4n) is 1.87. The highest BCUT2D eigenvalue weighted by molar-refractivity contribution is 7.09. The molecule has 22 heavy (non-hydrogen) atoms. The first-order chi connectivity index (χ1) is 10.4. The summed E-state index contributed by atoms with van der Waals surface area (Å²) in [5, 5.41) is 16.4. The van der Waals surface area contributed by atoms with Gasteiger partial charge in [-0.05, 0) is 19.1 Å². The highest BCUT2D eigenvalue weighted by atomic mass is 32.1. The van der Waals surface area contributed by atoms with E-state index in [9.17, 15) is 13.2 Å². The van der Waals surface area contributed by atoms with Crippen molar-refractivity contribution in [1.29, 1.82) is 0 Å². The van der Waals surface area contributed by atoms with Gasteiger partial charge in [-0.2, -0.15) is 17.7 Å². The second kappa shape index (κ2) is 5.52. The van der Waals surface area contributed by atoms with Gasteiger partial charge in [0.1, 0.15) is 5.82 Å². The molecule has 0 spiro atoms. The number of hydrogen-bond acceptors (Lipinski definition) is 6. The van der Waals surface area contributed by atoms with Crippen LogP contribution in [0.25, 0.3) is 5.65 Å². The summed E-state index contributed by atoms with van der Waals surface area (Å²) in [4.78, 5) is 4.31. The first-order valence-electron chi connectivity index (χ1n) is 6.38. The Hall–Kier alpha value is -2.23. The number of hydrogen-bond donors (Lipinski definition) is 1. The summed E-state index contributed by atoms with van der Waals surface area (Å²) in [6.07, 6.45) is -3.92. The number of anilines is 1. The zero-order valence-corrected chi connectivity index (χ0v) is 12.2. The van der Waals surface area contributed by atoms with Crippen LogP contribution in [-0.2, 0) is 12.6 Å². The number of halogens is 3. The molecule has 6 nitrogen and oxygen atoms in total. The molecule has 0 bridgehead atoms. The Labute approximate surface area is 127 Å². The minimum atomic E-state index is -4.59. The SMILES string of the molecule is Cc1csc(CCNc2ccc3nnc(C(F)(F)F)n3n2)n1. The molecule has 3 rings (SSSR count). The topological polar surface area (TPSA) is 68.0 Å². The molecule has 0 unspecified atom stereocenters. The zero-order valence-electron chi connectivity index (χ0n) is 11.4. The molecule has 3 aromatic heterocycles. The molecule has 1 N–H and O–H groups in total. The van der Waals surface area contributed by atoms with E-state index in [1.807, 2.05) is 12.3 Å². The van der Waals surface area contributed by atoms with E-state index in [0.29, 0.717) is 23.3 Å². The molecule has 0 aliphatic rings. The summed E-state index contributed by atoms with van der Waals surface area (Å²) in [5.74, 6) is -0.812. The molecule has 0 atom stereocenters. The molecule has 3 heterocycles. The Balaban J connectivity index is 1.74. The lowest BCUT2D eigenvalue weighted by molar-refractivity contribution is -0.146. The van der Waals surface area contributed by atoms with Crippen molar-refractivity contribution in [2.45, 2.75) is 19.5 Å². The standard InChI is InChI=1S/C12H11F3N6S/c1-7-6-22-10(17-7)4-5-16-8-2-3-9-18-19-11(12(13,14)15)21(9)20-8/h2-3,6H,4-5H2,1H3,(H,16,20). The average molecular weight is 328 g/mol. The Morgan fingerprint density at radius 3 is 2.77 bits per heavy atom. The van der Waals surface area contributed by atoms with E-state index in [2.05, 4.69) is 25.6 Å². The van der Waals surface area contributed by atoms with Gasteiger partial charge in [0.15, 0.2) is 5.65 Å². The van der Waals surface area contributed by atoms with Gasteiger partial charge in [-0.3, -0.25) is 0 Å². The maximum atomic E-state index is 12.8. The van der Waals surface area contributed by atoms with E-state index in [1.165, 1.54) is 6.07 Å². The molecule has 0 fully saturated rings. The number of alkyl halides is 3. The van der Waals surface area contributed by atoms with Crippen LogP contribution >= 0.6 is 11.3 Å². The lowest BCUT2D eigenvalue weighted by atomic mass is 10.4. The van der Waals surface area contributed by atoms with Crippen molar-refractivity contribution in [1.82, 2.24) is 24.8 Å². The quantitative estimate of drug-likeness (QED) is 0.797. The van der Waals surface area contributed by atoms with Gasteiger partial charge in [0, 0.05) is 24.0 Å². The number of rotatable bonds is 4. The van der Waals surface area contributed by atoms with Crippen molar-refractivity contribution in [2.75, 3.05) is 11.9 Å². The van der Waals surface area contributed by atoms with Crippen LogP contribution in [-0.4, -0.2) is 31.3 Å². The number of fused-ring (bicyclic) bond motifs is 1. The summed E-state index contributed by atoms with van der Waals surface area (Å²) in [5.41, 5.74) is 1.01. The summed E-state index contributed by atoms with van der Waals surface area (Å²) in [7, 11) is 0. The highest BCUT2D eigenvalue weighted by Crippen LogP contribution is 2.27. The Morgan fingerprint density at radius 2 is 2.09 bits per heavy atom. The van der Waals surface area contributed by atoms with Gasteiger partial charge in [0.05, 0.1) is 5.01 Å². The number of nitrogens with one attached hydrogen (secondary N) is 1. The van der Waals surface area contributed by atoms with Crippen LogP contribution in [0.5, 0.6) is 0 Å². The van der Waals surface area contributed by atoms with Gasteiger partial charge < -0.3 is 5.32 Å². The number of nitrogens with zero attached hydrogens (tertiary/aromatic N) is 5. The van der Waals surface area contributed by atoms with Crippen molar-refractivity contribution in [3.05, 3.63) is 34.0 Å². The lowest BCUT2D eigenvalue weighted by Gasteiger charge is -2.06. The van der Waals surface area contributed by atoms with Crippen molar-refractivity contribution in [3.63, 3.8) is 0 Å². The number of aryl methyl sites for hydroxylation is 1. The maximum absolute atomic E-state index is 12.8. The van der Waals surface area contributed by atoms with Crippen LogP contribution in [0.4, 0.5) is 19.0 Å². The molecule has 0 aromatic carbocycles. The minimum absolute atomic E-state index is 0.0495. The van der Waals surface area contributed by atoms with Crippen molar-refractivity contribution >= 4 is 22.8 Å². The van der Waals surface area contributed by atoms with Crippen LogP contribution in [0.15, 0.2) is 17.5 Å². The summed E-state index contributed by atoms with van der Waals surface area (Å²) >= 11 is 1.55. The van der Waals surface area contributed by atoms with Gasteiger partial charge >= 0.3 is 6.18 Å². The van der Waals surface area contributed by atoms with E-state index >= 15 is 0 Å².